The number of hydroxylamine groups is 4. The number of nitrogens with zero attached hydrogens (tertiary/aromatic N) is 4. The van der Waals surface area contributed by atoms with Crippen molar-refractivity contribution in [2.45, 2.75) is 142 Å². The molecule has 2 amide bonds. The third-order valence-electron chi connectivity index (χ3n) is 7.77. The number of nitrogens with one attached hydrogen (secondary N) is 2. The van der Waals surface area contributed by atoms with Crippen LogP contribution in [0.4, 0.5) is 0 Å². The van der Waals surface area contributed by atoms with E-state index in [9.17, 15) is 9.59 Å². The van der Waals surface area contributed by atoms with Crippen LogP contribution < -0.4 is 10.9 Å². The minimum absolute atomic E-state index is 0.0614. The molecule has 0 aromatic rings. The molecule has 38 heavy (non-hydrogen) atoms. The van der Waals surface area contributed by atoms with E-state index < -0.39 is 5.79 Å². The average molecular weight is 539 g/mol. The highest BCUT2D eigenvalue weighted by Gasteiger charge is 2.54. The van der Waals surface area contributed by atoms with Crippen LogP contribution in [0, 0.1) is 0 Å². The molecule has 2 saturated heterocycles. The lowest BCUT2D eigenvalue weighted by Crippen LogP contribution is -2.74. The summed E-state index contributed by atoms with van der Waals surface area (Å²) in [6, 6.07) is 0. The summed E-state index contributed by atoms with van der Waals surface area (Å²) in [7, 11) is 0. The van der Waals surface area contributed by atoms with Gasteiger partial charge in [-0.2, -0.15) is 10.1 Å². The zero-order valence-corrected chi connectivity index (χ0v) is 25.7. The second kappa shape index (κ2) is 11.3. The maximum atomic E-state index is 11.8. The molecule has 0 aromatic carbocycles. The molecule has 3 aliphatic rings. The van der Waals surface area contributed by atoms with Gasteiger partial charge in [0.05, 0.1) is 22.2 Å². The normalized spacial score (nSPS) is 28.2. The van der Waals surface area contributed by atoms with Crippen molar-refractivity contribution in [3.8, 4) is 0 Å². The molecular weight excluding hydrogens is 484 g/mol. The van der Waals surface area contributed by atoms with Gasteiger partial charge >= 0.3 is 0 Å². The minimum atomic E-state index is -0.810. The van der Waals surface area contributed by atoms with Crippen molar-refractivity contribution >= 4 is 11.8 Å². The van der Waals surface area contributed by atoms with E-state index in [-0.39, 0.29) is 34.0 Å². The molecule has 2 aliphatic heterocycles. The van der Waals surface area contributed by atoms with Gasteiger partial charge in [-0.05, 0) is 68.2 Å². The van der Waals surface area contributed by atoms with Crippen LogP contribution in [0.2, 0.25) is 0 Å². The van der Waals surface area contributed by atoms with E-state index in [4.69, 9.17) is 9.68 Å². The number of carbonyl (C=O) groups excluding carboxylic acids is 2. The second-order valence-electron chi connectivity index (χ2n) is 14.2. The van der Waals surface area contributed by atoms with Gasteiger partial charge < -0.3 is 0 Å². The molecule has 0 bridgehead atoms. The van der Waals surface area contributed by atoms with E-state index >= 15 is 0 Å². The second-order valence-corrected chi connectivity index (χ2v) is 14.2. The van der Waals surface area contributed by atoms with Crippen LogP contribution in [-0.2, 0) is 19.3 Å². The standard InChI is InChI=1S/C28H54N6O4/c1-22(35)29-31-18-24(3,4)33(25(5,6)19-31)37-28(16-14-12-11-13-15-17-28)38-34-26(7,8)20-32(30-23(2)36)21-27(34,9)10/h11-21H2,1-10H3,(H,29,35)(H,30,36). The summed E-state index contributed by atoms with van der Waals surface area (Å²) < 4.78 is 0. The third kappa shape index (κ3) is 7.46. The van der Waals surface area contributed by atoms with E-state index in [0.717, 1.165) is 25.7 Å². The summed E-state index contributed by atoms with van der Waals surface area (Å²) >= 11 is 0. The lowest BCUT2D eigenvalue weighted by molar-refractivity contribution is -0.475. The van der Waals surface area contributed by atoms with Crippen LogP contribution in [0.15, 0.2) is 0 Å². The van der Waals surface area contributed by atoms with Crippen molar-refractivity contribution in [1.29, 1.82) is 0 Å². The van der Waals surface area contributed by atoms with Crippen LogP contribution in [0.25, 0.3) is 0 Å². The first-order valence-electron chi connectivity index (χ1n) is 14.4. The molecule has 1 aliphatic carbocycles. The van der Waals surface area contributed by atoms with Crippen molar-refractivity contribution in [3.05, 3.63) is 0 Å². The van der Waals surface area contributed by atoms with E-state index in [1.807, 2.05) is 10.0 Å². The Labute approximate surface area is 230 Å². The predicted octanol–water partition coefficient (Wildman–Crippen LogP) is 3.74. The van der Waals surface area contributed by atoms with Crippen LogP contribution in [0.1, 0.15) is 114 Å². The molecule has 0 radical (unpaired) electrons. The first-order valence-corrected chi connectivity index (χ1v) is 14.4. The van der Waals surface area contributed by atoms with E-state index in [1.165, 1.54) is 19.3 Å². The largest absolute Gasteiger partial charge is 0.289 e. The van der Waals surface area contributed by atoms with Gasteiger partial charge in [-0.25, -0.2) is 10.0 Å². The number of hydrazine groups is 2. The molecule has 3 rings (SSSR count). The fourth-order valence-electron chi connectivity index (χ4n) is 6.95. The highest BCUT2D eigenvalue weighted by atomic mass is 16.9. The Kier molecular flexibility index (Phi) is 9.28. The smallest absolute Gasteiger partial charge is 0.231 e. The molecule has 1 saturated carbocycles. The van der Waals surface area contributed by atoms with Gasteiger partial charge in [0.1, 0.15) is 0 Å². The van der Waals surface area contributed by atoms with Crippen molar-refractivity contribution < 1.29 is 19.3 Å². The summed E-state index contributed by atoms with van der Waals surface area (Å²) in [5.74, 6) is -0.933. The summed E-state index contributed by atoms with van der Waals surface area (Å²) in [6.45, 7) is 23.0. The third-order valence-corrected chi connectivity index (χ3v) is 7.77. The Morgan fingerprint density at radius 2 is 0.842 bits per heavy atom. The molecule has 220 valence electrons. The Balaban J connectivity index is 1.93. The molecule has 10 nitrogen and oxygen atoms in total. The van der Waals surface area contributed by atoms with E-state index in [0.29, 0.717) is 26.2 Å². The maximum absolute atomic E-state index is 11.8. The highest BCUT2D eigenvalue weighted by Crippen LogP contribution is 2.43. The number of rotatable bonds is 6. The van der Waals surface area contributed by atoms with Gasteiger partial charge in [-0.15, -0.1) is 0 Å². The molecule has 2 heterocycles. The molecule has 0 spiro atoms. The maximum Gasteiger partial charge on any atom is 0.231 e. The molecule has 2 N–H and O–H groups in total. The Morgan fingerprint density at radius 3 is 1.13 bits per heavy atom. The van der Waals surface area contributed by atoms with Crippen molar-refractivity contribution in [3.63, 3.8) is 0 Å². The van der Waals surface area contributed by atoms with Gasteiger partial charge in [0.15, 0.2) is 0 Å². The van der Waals surface area contributed by atoms with Gasteiger partial charge in [-0.1, -0.05) is 19.3 Å². The monoisotopic (exact) mass is 538 g/mol. The summed E-state index contributed by atoms with van der Waals surface area (Å²) in [5, 5.41) is 8.30. The Morgan fingerprint density at radius 1 is 0.553 bits per heavy atom. The number of hydrogen-bond donors (Lipinski definition) is 2. The molecule has 10 heteroatoms. The van der Waals surface area contributed by atoms with E-state index in [2.05, 4.69) is 76.4 Å². The number of piperazine rings is 2. The zero-order chi connectivity index (χ0) is 28.6. The quantitative estimate of drug-likeness (QED) is 0.495. The summed E-state index contributed by atoms with van der Waals surface area (Å²) in [5.41, 5.74) is 4.47. The van der Waals surface area contributed by atoms with Crippen LogP contribution in [-0.4, -0.2) is 86.1 Å². The topological polar surface area (TPSA) is 89.6 Å². The molecule has 0 aromatic heterocycles. The van der Waals surface area contributed by atoms with Crippen molar-refractivity contribution in [2.24, 2.45) is 0 Å². The lowest BCUT2D eigenvalue weighted by Gasteiger charge is -2.60. The number of hydrogen-bond acceptors (Lipinski definition) is 8. The van der Waals surface area contributed by atoms with Crippen LogP contribution >= 0.6 is 0 Å². The lowest BCUT2D eigenvalue weighted by atomic mass is 9.90. The fourth-order valence-corrected chi connectivity index (χ4v) is 6.95. The van der Waals surface area contributed by atoms with Crippen LogP contribution in [0.5, 0.6) is 0 Å². The summed E-state index contributed by atoms with van der Waals surface area (Å²) in [6.07, 6.45) is 7.28. The number of carbonyl (C=O) groups is 2. The zero-order valence-electron chi connectivity index (χ0n) is 25.7. The Bertz CT molecular complexity index is 754. The fraction of sp³-hybridized carbons (Fsp3) is 0.929. The molecule has 0 unspecified atom stereocenters. The van der Waals surface area contributed by atoms with Gasteiger partial charge in [0.25, 0.3) is 0 Å². The minimum Gasteiger partial charge on any atom is -0.289 e. The highest BCUT2D eigenvalue weighted by molar-refractivity contribution is 5.72. The number of amides is 2. The first kappa shape index (κ1) is 31.2. The SMILES string of the molecule is CC(=O)NN1CC(C)(C)N(OC2(ON3C(C)(C)CN(NC(C)=O)CC3(C)C)CCCCCCC2)C(C)(C)C1. The van der Waals surface area contributed by atoms with Crippen molar-refractivity contribution in [1.82, 2.24) is 31.0 Å². The molecular formula is C28H54N6O4. The van der Waals surface area contributed by atoms with Crippen LogP contribution in [0.3, 0.4) is 0 Å². The van der Waals surface area contributed by atoms with Gasteiger partial charge in [-0.3, -0.25) is 30.1 Å². The Hall–Kier alpha value is -1.30. The first-order chi connectivity index (χ1) is 17.4. The van der Waals surface area contributed by atoms with Crippen molar-refractivity contribution in [2.75, 3.05) is 26.2 Å². The van der Waals surface area contributed by atoms with Gasteiger partial charge in [0, 0.05) is 52.9 Å². The van der Waals surface area contributed by atoms with E-state index in [1.54, 1.807) is 13.8 Å². The average Bonchev–Trinajstić information content (AvgIpc) is 2.67. The molecule has 3 fully saturated rings. The van der Waals surface area contributed by atoms with Gasteiger partial charge in [0.2, 0.25) is 17.6 Å². The molecule has 0 atom stereocenters. The predicted molar refractivity (Wildman–Crippen MR) is 148 cm³/mol. The summed E-state index contributed by atoms with van der Waals surface area (Å²) in [4.78, 5) is 38.0.